The number of ether oxygens (including phenoxy) is 3. The molecule has 0 aliphatic carbocycles. The van der Waals surface area contributed by atoms with Crippen LogP contribution in [0.5, 0.6) is 11.5 Å². The molecular formula is C48H50BrN5O6Si. The lowest BCUT2D eigenvalue weighted by Gasteiger charge is -2.37. The minimum Gasteiger partial charge on any atom is -0.497 e. The molecule has 3 heterocycles. The summed E-state index contributed by atoms with van der Waals surface area (Å²) >= 11 is 3.73. The number of anilines is 2. The van der Waals surface area contributed by atoms with Crippen LogP contribution in [0.2, 0.25) is 18.6 Å². The largest absolute Gasteiger partial charge is 0.497 e. The molecule has 13 heteroatoms. The number of halogens is 1. The number of nitrogens with one attached hydrogen (secondary N) is 1. The molecule has 5 aromatic carbocycles. The summed E-state index contributed by atoms with van der Waals surface area (Å²) in [6, 6.07) is 38.7. The molecule has 314 valence electrons. The van der Waals surface area contributed by atoms with E-state index < -0.39 is 13.7 Å². The summed E-state index contributed by atoms with van der Waals surface area (Å²) in [6.45, 7) is 7.62. The third kappa shape index (κ3) is 8.03. The number of amides is 2. The van der Waals surface area contributed by atoms with Gasteiger partial charge in [0.2, 0.25) is 0 Å². The zero-order chi connectivity index (χ0) is 42.9. The Balaban J connectivity index is 1.11. The van der Waals surface area contributed by atoms with Gasteiger partial charge >= 0.3 is 0 Å². The second-order valence-corrected chi connectivity index (χ2v) is 22.0. The molecule has 0 saturated carbocycles. The monoisotopic (exact) mass is 899 g/mol. The zero-order valence-electron chi connectivity index (χ0n) is 34.9. The van der Waals surface area contributed by atoms with E-state index in [0.29, 0.717) is 35.7 Å². The van der Waals surface area contributed by atoms with Gasteiger partial charge < -0.3 is 29.5 Å². The van der Waals surface area contributed by atoms with Crippen molar-refractivity contribution in [1.29, 1.82) is 0 Å². The molecule has 1 aromatic heterocycles. The number of aliphatic hydroxyl groups is 1. The van der Waals surface area contributed by atoms with Gasteiger partial charge in [-0.1, -0.05) is 101 Å². The van der Waals surface area contributed by atoms with Gasteiger partial charge in [0.15, 0.2) is 5.60 Å². The first-order chi connectivity index (χ1) is 29.5. The fraction of sp³-hybridized carbons (Fsp3) is 0.292. The van der Waals surface area contributed by atoms with Crippen LogP contribution in [0.3, 0.4) is 0 Å². The Bertz CT molecular complexity index is 2520. The number of carbonyl (C=O) groups excluding carboxylic acids is 2. The Morgan fingerprint density at radius 2 is 1.64 bits per heavy atom. The molecule has 1 saturated heterocycles. The number of hydrogen-bond donors (Lipinski definition) is 2. The van der Waals surface area contributed by atoms with Crippen LogP contribution in [0.15, 0.2) is 132 Å². The maximum atomic E-state index is 15.4. The number of methoxy groups -OCH3 is 2. The number of carbonyl (C=O) groups is 2. The van der Waals surface area contributed by atoms with E-state index in [-0.39, 0.29) is 48.4 Å². The van der Waals surface area contributed by atoms with E-state index in [9.17, 15) is 9.90 Å². The Morgan fingerprint density at radius 1 is 0.934 bits per heavy atom. The van der Waals surface area contributed by atoms with Crippen molar-refractivity contribution < 1.29 is 28.9 Å². The van der Waals surface area contributed by atoms with Crippen LogP contribution in [-0.2, 0) is 28.2 Å². The van der Waals surface area contributed by atoms with Crippen molar-refractivity contribution in [2.75, 3.05) is 31.0 Å². The normalized spacial score (nSPS) is 20.1. The maximum absolute atomic E-state index is 15.4. The first kappa shape index (κ1) is 42.1. The average molecular weight is 901 g/mol. The van der Waals surface area contributed by atoms with Gasteiger partial charge in [0.05, 0.1) is 58.8 Å². The molecule has 5 atom stereocenters. The van der Waals surface area contributed by atoms with E-state index in [1.54, 1.807) is 38.5 Å². The lowest BCUT2D eigenvalue weighted by atomic mass is 9.82. The standard InChI is InChI=1S/C48H50BrN5O6Si/c1-31-45(61(4,5)39-21-19-38(59-3)20-22-39)44(24-25-53-29-42(51-52-53)40(30-55)33-11-7-6-8-12-33)60-48(31)41-27-35(49)16-23-43(41)54(47(48)57)28-32-10-9-13-36(26-32)50-46(56)34-14-17-37(58-2)18-15-34/h6-23,26-27,29,31,40,44-45,55H,24-25,28,30H2,1-5H3,(H,50,56)/t31-,40?,44+,45-,48+/m1/s1. The first-order valence-electron chi connectivity index (χ1n) is 20.5. The number of fused-ring (bicyclic) bond motifs is 2. The predicted molar refractivity (Wildman–Crippen MR) is 242 cm³/mol. The summed E-state index contributed by atoms with van der Waals surface area (Å²) in [6.07, 6.45) is 2.20. The molecule has 2 N–H and O–H groups in total. The van der Waals surface area contributed by atoms with Crippen molar-refractivity contribution >= 4 is 52.4 Å². The summed E-state index contributed by atoms with van der Waals surface area (Å²) in [5.74, 6) is 0.614. The second kappa shape index (κ2) is 17.4. The molecule has 2 aliphatic heterocycles. The van der Waals surface area contributed by atoms with E-state index in [1.165, 1.54) is 5.19 Å². The number of rotatable bonds is 14. The number of aryl methyl sites for hydroxylation is 1. The fourth-order valence-corrected chi connectivity index (χ4v) is 13.9. The Labute approximate surface area is 365 Å². The van der Waals surface area contributed by atoms with Gasteiger partial charge in [-0.25, -0.2) is 0 Å². The van der Waals surface area contributed by atoms with Crippen molar-refractivity contribution in [2.24, 2.45) is 5.92 Å². The van der Waals surface area contributed by atoms with E-state index in [4.69, 9.17) is 14.2 Å². The van der Waals surface area contributed by atoms with E-state index in [1.807, 2.05) is 101 Å². The summed E-state index contributed by atoms with van der Waals surface area (Å²) in [7, 11) is 0.850. The number of hydrogen-bond acceptors (Lipinski definition) is 8. The summed E-state index contributed by atoms with van der Waals surface area (Å²) in [4.78, 5) is 30.5. The number of aliphatic hydroxyl groups excluding tert-OH is 1. The van der Waals surface area contributed by atoms with Crippen molar-refractivity contribution in [2.45, 2.75) is 62.7 Å². The molecule has 61 heavy (non-hydrogen) atoms. The number of aromatic nitrogens is 3. The van der Waals surface area contributed by atoms with Gasteiger partial charge in [-0.3, -0.25) is 14.3 Å². The molecule has 6 aromatic rings. The van der Waals surface area contributed by atoms with Crippen LogP contribution in [0.1, 0.15) is 52.0 Å². The Kier molecular flexibility index (Phi) is 12.0. The Morgan fingerprint density at radius 3 is 2.33 bits per heavy atom. The van der Waals surface area contributed by atoms with Crippen LogP contribution in [0, 0.1) is 5.92 Å². The van der Waals surface area contributed by atoms with Crippen LogP contribution >= 0.6 is 15.9 Å². The lowest BCUT2D eigenvalue weighted by Crippen LogP contribution is -2.51. The van der Waals surface area contributed by atoms with Gasteiger partial charge in [-0.2, -0.15) is 0 Å². The predicted octanol–water partition coefficient (Wildman–Crippen LogP) is 8.29. The molecule has 2 aliphatic rings. The maximum Gasteiger partial charge on any atom is 0.264 e. The van der Waals surface area contributed by atoms with Crippen LogP contribution < -0.4 is 24.9 Å². The quantitative estimate of drug-likeness (QED) is 0.105. The van der Waals surface area contributed by atoms with E-state index >= 15 is 4.79 Å². The average Bonchev–Trinajstić information content (AvgIpc) is 3.93. The number of nitrogens with zero attached hydrogens (tertiary/aromatic N) is 4. The fourth-order valence-electron chi connectivity index (χ4n) is 9.49. The van der Waals surface area contributed by atoms with Crippen molar-refractivity contribution in [3.63, 3.8) is 0 Å². The SMILES string of the molecule is COc1ccc(C(=O)Nc2cccc(CN3C(=O)[C@@]4(O[C@@H](CCn5cc(C(CO)c6ccccc6)nn5)[C@H]([Si](C)(C)c5ccc(OC)cc5)[C@H]4C)c4cc(Br)ccc43)c2)cc1. The van der Waals surface area contributed by atoms with Crippen LogP contribution in [-0.4, -0.2) is 66.9 Å². The first-order valence-corrected chi connectivity index (χ1v) is 24.4. The zero-order valence-corrected chi connectivity index (χ0v) is 37.5. The van der Waals surface area contributed by atoms with Crippen LogP contribution in [0.25, 0.3) is 0 Å². The smallest absolute Gasteiger partial charge is 0.264 e. The van der Waals surface area contributed by atoms with Crippen molar-refractivity contribution in [3.05, 3.63) is 160 Å². The summed E-state index contributed by atoms with van der Waals surface area (Å²) in [5, 5.41) is 23.6. The third-order valence-electron chi connectivity index (χ3n) is 12.6. The summed E-state index contributed by atoms with van der Waals surface area (Å²) in [5.41, 5.74) is 4.06. The molecule has 1 fully saturated rings. The molecular weight excluding hydrogens is 851 g/mol. The van der Waals surface area contributed by atoms with Gasteiger partial charge in [0.1, 0.15) is 11.5 Å². The summed E-state index contributed by atoms with van der Waals surface area (Å²) < 4.78 is 20.8. The highest BCUT2D eigenvalue weighted by Crippen LogP contribution is 2.60. The molecule has 1 unspecified atom stereocenters. The van der Waals surface area contributed by atoms with Crippen molar-refractivity contribution in [1.82, 2.24) is 15.0 Å². The van der Waals surface area contributed by atoms with Gasteiger partial charge in [-0.15, -0.1) is 5.10 Å². The highest BCUT2D eigenvalue weighted by Gasteiger charge is 2.66. The second-order valence-electron chi connectivity index (χ2n) is 16.4. The molecule has 0 radical (unpaired) electrons. The minimum absolute atomic E-state index is 0.0191. The molecule has 8 rings (SSSR count). The Hall–Kier alpha value is -5.60. The highest BCUT2D eigenvalue weighted by atomic mass is 79.9. The lowest BCUT2D eigenvalue weighted by molar-refractivity contribution is -0.146. The van der Waals surface area contributed by atoms with E-state index in [0.717, 1.165) is 32.6 Å². The van der Waals surface area contributed by atoms with Gasteiger partial charge in [0, 0.05) is 39.9 Å². The molecule has 2 amide bonds. The number of benzene rings is 5. The van der Waals surface area contributed by atoms with Gasteiger partial charge in [0.25, 0.3) is 11.8 Å². The van der Waals surface area contributed by atoms with Crippen molar-refractivity contribution in [3.8, 4) is 11.5 Å². The molecule has 1 spiro atoms. The van der Waals surface area contributed by atoms with Gasteiger partial charge in [-0.05, 0) is 89.8 Å². The third-order valence-corrected chi connectivity index (χ3v) is 17.5. The highest BCUT2D eigenvalue weighted by molar-refractivity contribution is 9.10. The molecule has 0 bridgehead atoms. The van der Waals surface area contributed by atoms with Crippen LogP contribution in [0.4, 0.5) is 11.4 Å². The topological polar surface area (TPSA) is 128 Å². The minimum atomic E-state index is -2.41. The molecule has 11 nitrogen and oxygen atoms in total. The van der Waals surface area contributed by atoms with E-state index in [2.05, 4.69) is 63.7 Å².